The number of aliphatic hydroxyl groups excluding tert-OH is 1. The third-order valence-electron chi connectivity index (χ3n) is 3.76. The van der Waals surface area contributed by atoms with Gasteiger partial charge in [0.1, 0.15) is 11.7 Å². The van der Waals surface area contributed by atoms with E-state index in [-0.39, 0.29) is 5.69 Å². The van der Waals surface area contributed by atoms with Crippen LogP contribution in [0.15, 0.2) is 30.5 Å². The summed E-state index contributed by atoms with van der Waals surface area (Å²) in [5, 5.41) is 13.6. The van der Waals surface area contributed by atoms with Gasteiger partial charge >= 0.3 is 0 Å². The third-order valence-corrected chi connectivity index (χ3v) is 3.76. The summed E-state index contributed by atoms with van der Waals surface area (Å²) in [6, 6.07) is 6.08. The number of ether oxygens (including phenoxy) is 1. The van der Waals surface area contributed by atoms with Crippen LogP contribution < -0.4 is 10.7 Å². The monoisotopic (exact) mass is 345 g/mol. The number of fused-ring (bicyclic) bond motifs is 1. The fourth-order valence-electron chi connectivity index (χ4n) is 2.40. The number of aliphatic hydroxyl groups is 1. The Labute approximate surface area is 144 Å². The highest BCUT2D eigenvalue weighted by molar-refractivity contribution is 5.97. The minimum absolute atomic E-state index is 0.0799. The second-order valence-corrected chi connectivity index (χ2v) is 5.53. The lowest BCUT2D eigenvalue weighted by Crippen LogP contribution is -2.56. The highest BCUT2D eigenvalue weighted by Gasteiger charge is 2.24. The molecule has 2 aromatic rings. The van der Waals surface area contributed by atoms with Gasteiger partial charge in [-0.05, 0) is 12.1 Å². The summed E-state index contributed by atoms with van der Waals surface area (Å²) < 4.78 is 5.20. The van der Waals surface area contributed by atoms with Crippen LogP contribution in [0.3, 0.4) is 0 Å². The molecule has 1 aliphatic rings. The molecule has 9 heteroatoms. The Bertz CT molecular complexity index is 763. The zero-order valence-corrected chi connectivity index (χ0v) is 13.5. The number of hydrazine groups is 1. The average Bonchev–Trinajstić information content (AvgIpc) is 2.66. The fourth-order valence-corrected chi connectivity index (χ4v) is 2.40. The van der Waals surface area contributed by atoms with E-state index in [9.17, 15) is 14.7 Å². The van der Waals surface area contributed by atoms with Crippen LogP contribution in [0.25, 0.3) is 11.0 Å². The molecule has 0 bridgehead atoms. The van der Waals surface area contributed by atoms with E-state index < -0.39 is 24.5 Å². The maximum Gasteiger partial charge on any atom is 0.272 e. The summed E-state index contributed by atoms with van der Waals surface area (Å²) in [4.78, 5) is 32.9. The Hall–Kier alpha value is -2.62. The number of carbonyl (C=O) groups is 2. The van der Waals surface area contributed by atoms with Crippen molar-refractivity contribution in [3.8, 4) is 0 Å². The number of para-hydroxylation sites is 2. The Morgan fingerprint density at radius 1 is 1.24 bits per heavy atom. The molecule has 1 fully saturated rings. The van der Waals surface area contributed by atoms with Gasteiger partial charge in [-0.25, -0.2) is 9.99 Å². The van der Waals surface area contributed by atoms with Crippen molar-refractivity contribution in [1.29, 1.82) is 0 Å². The molecule has 0 saturated carbocycles. The van der Waals surface area contributed by atoms with Crippen LogP contribution in [0.4, 0.5) is 0 Å². The summed E-state index contributed by atoms with van der Waals surface area (Å²) in [5.74, 6) is -1.07. The van der Waals surface area contributed by atoms with E-state index in [1.54, 1.807) is 23.2 Å². The Balaban J connectivity index is 1.64. The summed E-state index contributed by atoms with van der Waals surface area (Å²) in [6.45, 7) is 1.61. The second-order valence-electron chi connectivity index (χ2n) is 5.53. The number of nitrogens with zero attached hydrogens (tertiary/aromatic N) is 3. The number of aromatic nitrogens is 2. The second kappa shape index (κ2) is 7.97. The van der Waals surface area contributed by atoms with Crippen molar-refractivity contribution in [1.82, 2.24) is 25.7 Å². The van der Waals surface area contributed by atoms with Gasteiger partial charge in [-0.3, -0.25) is 20.0 Å². The van der Waals surface area contributed by atoms with Gasteiger partial charge in [0.05, 0.1) is 37.1 Å². The molecule has 1 aromatic carbocycles. The van der Waals surface area contributed by atoms with Crippen molar-refractivity contribution < 1.29 is 19.4 Å². The number of nitrogens with one attached hydrogen (secondary N) is 2. The summed E-state index contributed by atoms with van der Waals surface area (Å²) >= 11 is 0. The van der Waals surface area contributed by atoms with Crippen molar-refractivity contribution in [2.75, 3.05) is 32.9 Å². The van der Waals surface area contributed by atoms with Crippen LogP contribution >= 0.6 is 0 Å². The van der Waals surface area contributed by atoms with Crippen LogP contribution in [-0.2, 0) is 9.53 Å². The van der Waals surface area contributed by atoms with Crippen molar-refractivity contribution in [3.05, 3.63) is 36.2 Å². The minimum Gasteiger partial charge on any atom is -0.394 e. The molecule has 132 valence electrons. The molecule has 2 heterocycles. The standard InChI is InChI=1S/C16H19N5O4/c22-10-14(16(24)20-21-5-7-25-8-6-21)19-15(23)13-9-17-11-3-1-2-4-12(11)18-13/h1-4,9,14,22H,5-8,10H2,(H,19,23)(H,20,24). The van der Waals surface area contributed by atoms with E-state index in [0.717, 1.165) is 0 Å². The molecule has 1 saturated heterocycles. The van der Waals surface area contributed by atoms with Gasteiger partial charge in [-0.15, -0.1) is 0 Å². The molecule has 1 atom stereocenters. The van der Waals surface area contributed by atoms with E-state index in [0.29, 0.717) is 37.3 Å². The van der Waals surface area contributed by atoms with E-state index in [2.05, 4.69) is 20.7 Å². The maximum atomic E-state index is 12.3. The molecule has 3 N–H and O–H groups in total. The number of carbonyl (C=O) groups excluding carboxylic acids is 2. The normalized spacial score (nSPS) is 16.4. The molecule has 1 unspecified atom stereocenters. The van der Waals surface area contributed by atoms with Gasteiger partial charge in [0.15, 0.2) is 0 Å². The first-order valence-electron chi connectivity index (χ1n) is 7.94. The smallest absolute Gasteiger partial charge is 0.272 e. The molecule has 1 aliphatic heterocycles. The molecule has 9 nitrogen and oxygen atoms in total. The molecule has 1 aromatic heterocycles. The summed E-state index contributed by atoms with van der Waals surface area (Å²) in [6.07, 6.45) is 1.34. The Morgan fingerprint density at radius 3 is 2.68 bits per heavy atom. The number of rotatable bonds is 5. The number of amides is 2. The van der Waals surface area contributed by atoms with Crippen LogP contribution in [0.1, 0.15) is 10.5 Å². The molecule has 3 rings (SSSR count). The first-order valence-corrected chi connectivity index (χ1v) is 7.94. The highest BCUT2D eigenvalue weighted by atomic mass is 16.5. The molecule has 0 radical (unpaired) electrons. The van der Waals surface area contributed by atoms with Crippen molar-refractivity contribution in [2.45, 2.75) is 6.04 Å². The van der Waals surface area contributed by atoms with Gasteiger partial charge < -0.3 is 15.2 Å². The molecule has 0 spiro atoms. The number of hydrogen-bond acceptors (Lipinski definition) is 7. The van der Waals surface area contributed by atoms with Crippen LogP contribution in [-0.4, -0.2) is 70.8 Å². The van der Waals surface area contributed by atoms with Crippen molar-refractivity contribution in [2.24, 2.45) is 0 Å². The zero-order valence-electron chi connectivity index (χ0n) is 13.5. The summed E-state index contributed by atoms with van der Waals surface area (Å²) in [7, 11) is 0. The van der Waals surface area contributed by atoms with Gasteiger partial charge in [-0.1, -0.05) is 12.1 Å². The first-order chi connectivity index (χ1) is 12.2. The molecule has 0 aliphatic carbocycles. The lowest BCUT2D eigenvalue weighted by molar-refractivity contribution is -0.130. The number of morpholine rings is 1. The Kier molecular flexibility index (Phi) is 5.49. The van der Waals surface area contributed by atoms with Crippen LogP contribution in [0.2, 0.25) is 0 Å². The van der Waals surface area contributed by atoms with E-state index in [1.165, 1.54) is 6.20 Å². The third kappa shape index (κ3) is 4.27. The van der Waals surface area contributed by atoms with Gasteiger partial charge in [-0.2, -0.15) is 0 Å². The molecular weight excluding hydrogens is 326 g/mol. The largest absolute Gasteiger partial charge is 0.394 e. The van der Waals surface area contributed by atoms with Gasteiger partial charge in [0, 0.05) is 13.1 Å². The predicted molar refractivity (Wildman–Crippen MR) is 88.4 cm³/mol. The highest BCUT2D eigenvalue weighted by Crippen LogP contribution is 2.08. The molecule has 25 heavy (non-hydrogen) atoms. The lowest BCUT2D eigenvalue weighted by atomic mass is 10.2. The quantitative estimate of drug-likeness (QED) is 0.642. The van der Waals surface area contributed by atoms with Crippen molar-refractivity contribution >= 4 is 22.8 Å². The van der Waals surface area contributed by atoms with E-state index in [1.807, 2.05) is 6.07 Å². The number of benzene rings is 1. The molecule has 2 amide bonds. The molecular formula is C16H19N5O4. The van der Waals surface area contributed by atoms with Gasteiger partial charge in [0.25, 0.3) is 11.8 Å². The van der Waals surface area contributed by atoms with E-state index >= 15 is 0 Å². The van der Waals surface area contributed by atoms with E-state index in [4.69, 9.17) is 4.74 Å². The lowest BCUT2D eigenvalue weighted by Gasteiger charge is -2.28. The van der Waals surface area contributed by atoms with Crippen LogP contribution in [0, 0.1) is 0 Å². The Morgan fingerprint density at radius 2 is 1.96 bits per heavy atom. The average molecular weight is 345 g/mol. The topological polar surface area (TPSA) is 117 Å². The zero-order chi connectivity index (χ0) is 17.6. The number of hydrogen-bond donors (Lipinski definition) is 3. The minimum atomic E-state index is -1.08. The van der Waals surface area contributed by atoms with Crippen molar-refractivity contribution in [3.63, 3.8) is 0 Å². The predicted octanol–water partition coefficient (Wildman–Crippen LogP) is -0.916. The summed E-state index contributed by atoms with van der Waals surface area (Å²) in [5.41, 5.74) is 3.99. The first kappa shape index (κ1) is 17.2. The van der Waals surface area contributed by atoms with Crippen LogP contribution in [0.5, 0.6) is 0 Å². The SMILES string of the molecule is O=C(NC(CO)C(=O)NN1CCOCC1)c1cnc2ccccc2n1. The maximum absolute atomic E-state index is 12.3. The van der Waals surface area contributed by atoms with Gasteiger partial charge in [0.2, 0.25) is 0 Å². The fraction of sp³-hybridized carbons (Fsp3) is 0.375.